The zero-order valence-corrected chi connectivity index (χ0v) is 14.1. The number of rotatable bonds is 5. The van der Waals surface area contributed by atoms with Crippen molar-refractivity contribution < 1.29 is 9.90 Å². The van der Waals surface area contributed by atoms with E-state index in [4.69, 9.17) is 0 Å². The first-order chi connectivity index (χ1) is 10.3. The maximum Gasteiger partial charge on any atom is 0.362 e. The summed E-state index contributed by atoms with van der Waals surface area (Å²) in [6.45, 7) is 9.82. The van der Waals surface area contributed by atoms with Gasteiger partial charge in [-0.15, -0.1) is 5.10 Å². The maximum atomic E-state index is 12.3. The van der Waals surface area contributed by atoms with Crippen molar-refractivity contribution in [2.75, 3.05) is 13.1 Å². The van der Waals surface area contributed by atoms with Gasteiger partial charge in [-0.05, 0) is 37.5 Å². The van der Waals surface area contributed by atoms with Gasteiger partial charge in [0.2, 0.25) is 0 Å². The van der Waals surface area contributed by atoms with Gasteiger partial charge in [0.15, 0.2) is 0 Å². The molecule has 1 N–H and O–H groups in total. The zero-order valence-electron chi connectivity index (χ0n) is 14.1. The van der Waals surface area contributed by atoms with E-state index in [9.17, 15) is 9.90 Å². The first-order valence-corrected chi connectivity index (χ1v) is 8.26. The second-order valence-electron chi connectivity index (χ2n) is 7.22. The van der Waals surface area contributed by atoms with E-state index in [-0.39, 0.29) is 6.03 Å². The lowest BCUT2D eigenvalue weighted by atomic mass is 9.83. The van der Waals surface area contributed by atoms with Gasteiger partial charge in [0, 0.05) is 13.1 Å². The van der Waals surface area contributed by atoms with Crippen molar-refractivity contribution in [3.8, 4) is 0 Å². The lowest BCUT2D eigenvalue weighted by molar-refractivity contribution is -0.00880. The molecule has 6 nitrogen and oxygen atoms in total. The van der Waals surface area contributed by atoms with Gasteiger partial charge in [0.05, 0.1) is 6.20 Å². The van der Waals surface area contributed by atoms with Crippen LogP contribution in [0.25, 0.3) is 0 Å². The van der Waals surface area contributed by atoms with Crippen molar-refractivity contribution in [2.45, 2.75) is 59.0 Å². The fourth-order valence-corrected chi connectivity index (χ4v) is 3.25. The SMILES string of the molecule is CC(C)CC(O)(CC(C)C)c1cnn(C(=O)N2CCCC2)n1. The van der Waals surface area contributed by atoms with Crippen molar-refractivity contribution in [3.63, 3.8) is 0 Å². The van der Waals surface area contributed by atoms with Gasteiger partial charge in [0.1, 0.15) is 11.3 Å². The van der Waals surface area contributed by atoms with E-state index in [1.807, 2.05) is 0 Å². The molecule has 1 aromatic heterocycles. The molecule has 22 heavy (non-hydrogen) atoms. The topological polar surface area (TPSA) is 71.2 Å². The van der Waals surface area contributed by atoms with Gasteiger partial charge in [-0.3, -0.25) is 0 Å². The molecule has 0 saturated carbocycles. The number of hydrogen-bond acceptors (Lipinski definition) is 4. The normalized spacial score (nSPS) is 16.0. The summed E-state index contributed by atoms with van der Waals surface area (Å²) < 4.78 is 0. The zero-order chi connectivity index (χ0) is 16.3. The monoisotopic (exact) mass is 308 g/mol. The van der Waals surface area contributed by atoms with E-state index in [1.54, 1.807) is 11.1 Å². The van der Waals surface area contributed by atoms with Gasteiger partial charge in [-0.1, -0.05) is 32.5 Å². The van der Waals surface area contributed by atoms with E-state index in [0.29, 0.717) is 30.4 Å². The smallest absolute Gasteiger partial charge is 0.362 e. The molecule has 1 saturated heterocycles. The molecule has 1 aliphatic rings. The van der Waals surface area contributed by atoms with Gasteiger partial charge in [-0.25, -0.2) is 4.79 Å². The third-order valence-corrected chi connectivity index (χ3v) is 4.01. The van der Waals surface area contributed by atoms with Gasteiger partial charge in [0.25, 0.3) is 0 Å². The number of carbonyl (C=O) groups excluding carboxylic acids is 1. The molecule has 1 aliphatic heterocycles. The molecule has 0 bridgehead atoms. The molecule has 124 valence electrons. The van der Waals surface area contributed by atoms with E-state index in [2.05, 4.69) is 37.9 Å². The standard InChI is InChI=1S/C16H28N4O2/c1-12(2)9-16(22,10-13(3)4)14-11-17-20(18-14)15(21)19-7-5-6-8-19/h11-13,22H,5-10H2,1-4H3. The summed E-state index contributed by atoms with van der Waals surface area (Å²) in [7, 11) is 0. The predicted octanol–water partition coefficient (Wildman–Crippen LogP) is 2.62. The van der Waals surface area contributed by atoms with Crippen LogP contribution in [-0.4, -0.2) is 44.1 Å². The predicted molar refractivity (Wildman–Crippen MR) is 84.4 cm³/mol. The van der Waals surface area contributed by atoms with Crippen LogP contribution in [0, 0.1) is 11.8 Å². The third-order valence-electron chi connectivity index (χ3n) is 4.01. The van der Waals surface area contributed by atoms with Crippen LogP contribution in [-0.2, 0) is 5.60 Å². The highest BCUT2D eigenvalue weighted by Crippen LogP contribution is 2.33. The average molecular weight is 308 g/mol. The molecule has 0 radical (unpaired) electrons. The fourth-order valence-electron chi connectivity index (χ4n) is 3.25. The van der Waals surface area contributed by atoms with Crippen molar-refractivity contribution in [1.82, 2.24) is 19.9 Å². The van der Waals surface area contributed by atoms with Crippen molar-refractivity contribution in [1.29, 1.82) is 0 Å². The summed E-state index contributed by atoms with van der Waals surface area (Å²) in [5.41, 5.74) is -0.520. The molecule has 1 fully saturated rings. The Bertz CT molecular complexity index is 494. The molecular weight excluding hydrogens is 280 g/mol. The second kappa shape index (κ2) is 6.77. The van der Waals surface area contributed by atoms with Gasteiger partial charge in [-0.2, -0.15) is 5.10 Å². The number of aromatic nitrogens is 3. The Balaban J connectivity index is 2.20. The summed E-state index contributed by atoms with van der Waals surface area (Å²) in [4.78, 5) is 15.2. The summed E-state index contributed by atoms with van der Waals surface area (Å²) in [5.74, 6) is 0.673. The highest BCUT2D eigenvalue weighted by atomic mass is 16.3. The number of hydrogen-bond donors (Lipinski definition) is 1. The summed E-state index contributed by atoms with van der Waals surface area (Å²) >= 11 is 0. The first-order valence-electron chi connectivity index (χ1n) is 8.26. The Hall–Kier alpha value is -1.43. The molecule has 6 heteroatoms. The van der Waals surface area contributed by atoms with E-state index < -0.39 is 5.60 Å². The molecule has 2 heterocycles. The molecule has 0 spiro atoms. The number of aliphatic hydroxyl groups is 1. The lowest BCUT2D eigenvalue weighted by Crippen LogP contribution is -2.34. The van der Waals surface area contributed by atoms with E-state index >= 15 is 0 Å². The molecule has 1 amide bonds. The lowest BCUT2D eigenvalue weighted by Gasteiger charge is -2.29. The van der Waals surface area contributed by atoms with Crippen LogP contribution in [0.15, 0.2) is 6.20 Å². The average Bonchev–Trinajstić information content (AvgIpc) is 3.08. The Morgan fingerprint density at radius 2 is 1.77 bits per heavy atom. The molecule has 2 rings (SSSR count). The second-order valence-corrected chi connectivity index (χ2v) is 7.22. The van der Waals surface area contributed by atoms with Crippen molar-refractivity contribution in [2.24, 2.45) is 11.8 Å². The molecule has 0 unspecified atom stereocenters. The van der Waals surface area contributed by atoms with Crippen LogP contribution in [0.3, 0.4) is 0 Å². The Kier molecular flexibility index (Phi) is 5.21. The number of carbonyl (C=O) groups is 1. The van der Waals surface area contributed by atoms with Gasteiger partial charge < -0.3 is 10.0 Å². The van der Waals surface area contributed by atoms with Crippen LogP contribution in [0.1, 0.15) is 59.1 Å². The fraction of sp³-hybridized carbons (Fsp3) is 0.812. The molecule has 0 atom stereocenters. The summed E-state index contributed by atoms with van der Waals surface area (Å²) in [5, 5.41) is 19.4. The highest BCUT2D eigenvalue weighted by Gasteiger charge is 2.35. The van der Waals surface area contributed by atoms with Crippen LogP contribution < -0.4 is 0 Å². The van der Waals surface area contributed by atoms with Crippen molar-refractivity contribution >= 4 is 6.03 Å². The maximum absolute atomic E-state index is 12.3. The number of likely N-dealkylation sites (tertiary alicyclic amines) is 1. The third kappa shape index (κ3) is 3.85. The summed E-state index contributed by atoms with van der Waals surface area (Å²) in [6, 6.07) is -0.194. The summed E-state index contributed by atoms with van der Waals surface area (Å²) in [6.07, 6.45) is 4.83. The van der Waals surface area contributed by atoms with Crippen molar-refractivity contribution in [3.05, 3.63) is 11.9 Å². The highest BCUT2D eigenvalue weighted by molar-refractivity contribution is 5.75. The largest absolute Gasteiger partial charge is 0.383 e. The first kappa shape index (κ1) is 16.9. The van der Waals surface area contributed by atoms with E-state index in [0.717, 1.165) is 30.7 Å². The Labute approximate surface area is 132 Å². The number of nitrogens with zero attached hydrogens (tertiary/aromatic N) is 4. The Morgan fingerprint density at radius 1 is 1.23 bits per heavy atom. The van der Waals surface area contributed by atoms with Crippen LogP contribution >= 0.6 is 0 Å². The minimum atomic E-state index is -1.02. The van der Waals surface area contributed by atoms with Crippen LogP contribution in [0.5, 0.6) is 0 Å². The molecule has 0 aromatic carbocycles. The molecule has 1 aromatic rings. The van der Waals surface area contributed by atoms with E-state index in [1.165, 1.54) is 0 Å². The molecule has 0 aliphatic carbocycles. The minimum absolute atomic E-state index is 0.194. The van der Waals surface area contributed by atoms with Crippen LogP contribution in [0.2, 0.25) is 0 Å². The number of amides is 1. The van der Waals surface area contributed by atoms with Gasteiger partial charge >= 0.3 is 6.03 Å². The minimum Gasteiger partial charge on any atom is -0.383 e. The quantitative estimate of drug-likeness (QED) is 0.907. The van der Waals surface area contributed by atoms with Crippen LogP contribution in [0.4, 0.5) is 4.79 Å². The molecular formula is C16H28N4O2. The Morgan fingerprint density at radius 3 is 2.27 bits per heavy atom.